The van der Waals surface area contributed by atoms with Gasteiger partial charge in [-0.05, 0) is 61.1 Å². The van der Waals surface area contributed by atoms with Crippen LogP contribution in [0.15, 0.2) is 60.7 Å². The fourth-order valence-electron chi connectivity index (χ4n) is 3.89. The molecule has 0 amide bonds. The Morgan fingerprint density at radius 2 is 1.73 bits per heavy atom. The number of nitrogens with zero attached hydrogens (tertiary/aromatic N) is 1. The molecule has 0 saturated carbocycles. The largest absolute Gasteiger partial charge is 0.392 e. The van der Waals surface area contributed by atoms with Crippen molar-refractivity contribution in [3.63, 3.8) is 0 Å². The van der Waals surface area contributed by atoms with Crippen LogP contribution in [-0.2, 0) is 12.8 Å². The Morgan fingerprint density at radius 3 is 2.42 bits per heavy atom. The number of hydrogen-bond donors (Lipinski definition) is 0. The van der Waals surface area contributed by atoms with E-state index in [0.29, 0.717) is 6.42 Å². The first-order valence-corrected chi connectivity index (χ1v) is 8.86. The average Bonchev–Trinajstić information content (AvgIpc) is 3.00. The van der Waals surface area contributed by atoms with E-state index in [1.54, 1.807) is 0 Å². The van der Waals surface area contributed by atoms with Crippen molar-refractivity contribution < 1.29 is 13.2 Å². The first kappa shape index (κ1) is 17.0. The zero-order valence-electron chi connectivity index (χ0n) is 14.6. The van der Waals surface area contributed by atoms with Crippen LogP contribution in [0.4, 0.5) is 13.2 Å². The van der Waals surface area contributed by atoms with E-state index < -0.39 is 12.1 Å². The summed E-state index contributed by atoms with van der Waals surface area (Å²) in [7, 11) is 0. The predicted octanol–water partition coefficient (Wildman–Crippen LogP) is 6.12. The van der Waals surface area contributed by atoms with Gasteiger partial charge in [-0.3, -0.25) is 0 Å². The molecule has 4 heteroatoms. The first-order valence-electron chi connectivity index (χ1n) is 8.86. The van der Waals surface area contributed by atoms with Crippen LogP contribution in [0.5, 0.6) is 0 Å². The minimum absolute atomic E-state index is 0.0669. The molecule has 1 aliphatic carbocycles. The number of aryl methyl sites for hydroxylation is 1. The van der Waals surface area contributed by atoms with E-state index in [2.05, 4.69) is 10.6 Å². The van der Waals surface area contributed by atoms with Crippen LogP contribution in [0.2, 0.25) is 0 Å². The van der Waals surface area contributed by atoms with Gasteiger partial charge in [-0.15, -0.1) is 0 Å². The van der Waals surface area contributed by atoms with Gasteiger partial charge in [0, 0.05) is 11.4 Å². The van der Waals surface area contributed by atoms with Gasteiger partial charge in [0.15, 0.2) is 0 Å². The van der Waals surface area contributed by atoms with Crippen LogP contribution < -0.4 is 0 Å². The lowest BCUT2D eigenvalue weighted by Crippen LogP contribution is -2.29. The number of aromatic nitrogens is 1. The van der Waals surface area contributed by atoms with Crippen LogP contribution in [-0.4, -0.2) is 10.7 Å². The minimum Gasteiger partial charge on any atom is -0.313 e. The maximum atomic E-state index is 13.2. The monoisotopic (exact) mass is 355 g/mol. The van der Waals surface area contributed by atoms with E-state index in [1.807, 2.05) is 61.5 Å². The smallest absolute Gasteiger partial charge is 0.313 e. The van der Waals surface area contributed by atoms with Gasteiger partial charge in [0.05, 0.1) is 11.6 Å². The molecule has 4 rings (SSSR count). The highest BCUT2D eigenvalue weighted by Gasteiger charge is 2.42. The first-order chi connectivity index (χ1) is 12.4. The molecule has 134 valence electrons. The Labute approximate surface area is 151 Å². The van der Waals surface area contributed by atoms with E-state index in [4.69, 9.17) is 0 Å². The molecular formula is C22H20F3N. The van der Waals surface area contributed by atoms with Gasteiger partial charge >= 0.3 is 6.18 Å². The van der Waals surface area contributed by atoms with Crippen molar-refractivity contribution in [2.75, 3.05) is 0 Å². The van der Waals surface area contributed by atoms with Gasteiger partial charge in [-0.25, -0.2) is 0 Å². The highest BCUT2D eigenvalue weighted by atomic mass is 19.4. The normalized spacial score (nSPS) is 17.2. The third kappa shape index (κ3) is 3.05. The average molecular weight is 355 g/mol. The molecule has 1 aromatic heterocycles. The lowest BCUT2D eigenvalue weighted by Gasteiger charge is -2.26. The summed E-state index contributed by atoms with van der Waals surface area (Å²) in [6.45, 7) is 2.03. The third-order valence-corrected chi connectivity index (χ3v) is 5.18. The Hall–Kier alpha value is -2.49. The van der Waals surface area contributed by atoms with Crippen molar-refractivity contribution in [3.05, 3.63) is 77.5 Å². The standard InChI is InChI=1S/C22H20F3N/c1-15-6-5-9-19(12-15)26-20-11-10-18(22(23,24)25)13-17(20)14-21(26)16-7-3-2-4-8-16/h2-9,12,14,18H,10-11,13H2,1H3. The Morgan fingerprint density at radius 1 is 0.962 bits per heavy atom. The minimum atomic E-state index is -4.13. The molecule has 3 aromatic rings. The summed E-state index contributed by atoms with van der Waals surface area (Å²) in [6, 6.07) is 20.0. The summed E-state index contributed by atoms with van der Waals surface area (Å²) < 4.78 is 41.8. The van der Waals surface area contributed by atoms with E-state index in [9.17, 15) is 13.2 Å². The second kappa shape index (κ2) is 6.35. The fraction of sp³-hybridized carbons (Fsp3) is 0.273. The van der Waals surface area contributed by atoms with Crippen molar-refractivity contribution in [1.82, 2.24) is 4.57 Å². The number of halogens is 3. The molecule has 1 aliphatic rings. The van der Waals surface area contributed by atoms with Crippen LogP contribution >= 0.6 is 0 Å². The van der Waals surface area contributed by atoms with Gasteiger partial charge in [0.2, 0.25) is 0 Å². The second-order valence-electron chi connectivity index (χ2n) is 7.02. The van der Waals surface area contributed by atoms with Gasteiger partial charge in [0.25, 0.3) is 0 Å². The summed E-state index contributed by atoms with van der Waals surface area (Å²) in [4.78, 5) is 0. The molecule has 0 saturated heterocycles. The summed E-state index contributed by atoms with van der Waals surface area (Å²) >= 11 is 0. The third-order valence-electron chi connectivity index (χ3n) is 5.18. The van der Waals surface area contributed by atoms with E-state index in [-0.39, 0.29) is 12.8 Å². The van der Waals surface area contributed by atoms with Crippen LogP contribution in [0, 0.1) is 12.8 Å². The summed E-state index contributed by atoms with van der Waals surface area (Å²) in [5, 5.41) is 0. The molecule has 0 N–H and O–H groups in total. The van der Waals surface area contributed by atoms with Crippen molar-refractivity contribution in [2.45, 2.75) is 32.4 Å². The highest BCUT2D eigenvalue weighted by Crippen LogP contribution is 2.40. The number of fused-ring (bicyclic) bond motifs is 1. The lowest BCUT2D eigenvalue weighted by atomic mass is 9.87. The summed E-state index contributed by atoms with van der Waals surface area (Å²) in [6.07, 6.45) is -3.46. The second-order valence-corrected chi connectivity index (χ2v) is 7.02. The molecule has 1 unspecified atom stereocenters. The van der Waals surface area contributed by atoms with Gasteiger partial charge < -0.3 is 4.57 Å². The van der Waals surface area contributed by atoms with Crippen LogP contribution in [0.1, 0.15) is 23.2 Å². The van der Waals surface area contributed by atoms with Crippen molar-refractivity contribution in [3.8, 4) is 16.9 Å². The Kier molecular flexibility index (Phi) is 4.14. The highest BCUT2D eigenvalue weighted by molar-refractivity contribution is 5.66. The molecule has 26 heavy (non-hydrogen) atoms. The molecule has 0 spiro atoms. The van der Waals surface area contributed by atoms with E-state index in [1.165, 1.54) is 0 Å². The van der Waals surface area contributed by atoms with Gasteiger partial charge in [-0.1, -0.05) is 42.5 Å². The van der Waals surface area contributed by atoms with E-state index in [0.717, 1.165) is 33.8 Å². The quantitative estimate of drug-likeness (QED) is 0.522. The Bertz CT molecular complexity index is 922. The molecule has 1 heterocycles. The SMILES string of the molecule is Cc1cccc(-n2c(-c3ccccc3)cc3c2CCC(C(F)(F)F)C3)c1. The fourth-order valence-corrected chi connectivity index (χ4v) is 3.89. The van der Waals surface area contributed by atoms with Gasteiger partial charge in [-0.2, -0.15) is 13.2 Å². The predicted molar refractivity (Wildman–Crippen MR) is 97.5 cm³/mol. The number of benzene rings is 2. The number of alkyl halides is 3. The van der Waals surface area contributed by atoms with Crippen molar-refractivity contribution in [2.24, 2.45) is 5.92 Å². The van der Waals surface area contributed by atoms with Crippen LogP contribution in [0.25, 0.3) is 16.9 Å². The van der Waals surface area contributed by atoms with Crippen molar-refractivity contribution >= 4 is 0 Å². The van der Waals surface area contributed by atoms with Crippen molar-refractivity contribution in [1.29, 1.82) is 0 Å². The van der Waals surface area contributed by atoms with E-state index >= 15 is 0 Å². The molecule has 0 aliphatic heterocycles. The zero-order chi connectivity index (χ0) is 18.3. The summed E-state index contributed by atoms with van der Waals surface area (Å²) in [5.41, 5.74) is 5.95. The maximum absolute atomic E-state index is 13.2. The molecule has 2 aromatic carbocycles. The van der Waals surface area contributed by atoms with Crippen LogP contribution in [0.3, 0.4) is 0 Å². The molecule has 1 atom stereocenters. The molecule has 1 nitrogen and oxygen atoms in total. The molecule has 0 bridgehead atoms. The molecular weight excluding hydrogens is 335 g/mol. The molecule has 0 radical (unpaired) electrons. The lowest BCUT2D eigenvalue weighted by molar-refractivity contribution is -0.177. The number of rotatable bonds is 2. The summed E-state index contributed by atoms with van der Waals surface area (Å²) in [5.74, 6) is -1.24. The Balaban J connectivity index is 1.88. The zero-order valence-corrected chi connectivity index (χ0v) is 14.6. The maximum Gasteiger partial charge on any atom is 0.392 e. The molecule has 0 fully saturated rings. The number of hydrogen-bond acceptors (Lipinski definition) is 0. The topological polar surface area (TPSA) is 4.93 Å². The van der Waals surface area contributed by atoms with Gasteiger partial charge in [0.1, 0.15) is 0 Å².